The minimum atomic E-state index is 0.409. The summed E-state index contributed by atoms with van der Waals surface area (Å²) in [5, 5.41) is 3.37. The smallest absolute Gasteiger partial charge is 0.226 e. The molecule has 6 nitrogen and oxygen atoms in total. The van der Waals surface area contributed by atoms with Gasteiger partial charge in [0.1, 0.15) is 23.6 Å². The number of para-hydroxylation sites is 1. The summed E-state index contributed by atoms with van der Waals surface area (Å²) >= 11 is 0. The number of nitrogens with zero attached hydrogens (tertiary/aromatic N) is 2. The number of rotatable bonds is 6. The monoisotopic (exact) mass is 376 g/mol. The SMILES string of the molecule is Nc1ncnc(OCC2CCNCC2)c1-c1ccc(Oc2ccccc2)cc1. The van der Waals surface area contributed by atoms with E-state index in [-0.39, 0.29) is 0 Å². The number of piperidine rings is 1. The molecule has 0 bridgehead atoms. The zero-order chi connectivity index (χ0) is 19.2. The minimum absolute atomic E-state index is 0.409. The third-order valence-electron chi connectivity index (χ3n) is 4.88. The van der Waals surface area contributed by atoms with Crippen molar-refractivity contribution in [2.45, 2.75) is 12.8 Å². The average molecular weight is 376 g/mol. The van der Waals surface area contributed by atoms with E-state index >= 15 is 0 Å². The maximum absolute atomic E-state index is 6.15. The molecular formula is C22H24N4O2. The molecule has 0 saturated carbocycles. The zero-order valence-electron chi connectivity index (χ0n) is 15.7. The standard InChI is InChI=1S/C22H24N4O2/c23-21-20(22(26-15-25-21)27-14-16-10-12-24-13-11-16)17-6-8-19(9-7-17)28-18-4-2-1-3-5-18/h1-9,15-16,24H,10-14H2,(H2,23,25,26). The Morgan fingerprint density at radius 2 is 1.64 bits per heavy atom. The van der Waals surface area contributed by atoms with E-state index in [2.05, 4.69) is 15.3 Å². The molecule has 0 spiro atoms. The Balaban J connectivity index is 1.51. The van der Waals surface area contributed by atoms with Crippen molar-refractivity contribution in [2.24, 2.45) is 5.92 Å². The topological polar surface area (TPSA) is 82.3 Å². The lowest BCUT2D eigenvalue weighted by Crippen LogP contribution is -2.30. The third kappa shape index (κ3) is 4.40. The molecule has 1 aliphatic rings. The second-order valence-electron chi connectivity index (χ2n) is 6.88. The first-order chi connectivity index (χ1) is 13.8. The van der Waals surface area contributed by atoms with E-state index in [9.17, 15) is 0 Å². The van der Waals surface area contributed by atoms with E-state index in [1.807, 2.05) is 54.6 Å². The van der Waals surface area contributed by atoms with Gasteiger partial charge in [-0.05, 0) is 61.7 Å². The molecule has 28 heavy (non-hydrogen) atoms. The van der Waals surface area contributed by atoms with Crippen LogP contribution in [0.3, 0.4) is 0 Å². The molecule has 3 aromatic rings. The Kier molecular flexibility index (Phi) is 5.68. The average Bonchev–Trinajstić information content (AvgIpc) is 2.75. The van der Waals surface area contributed by atoms with Crippen LogP contribution in [0.4, 0.5) is 5.82 Å². The second kappa shape index (κ2) is 8.71. The lowest BCUT2D eigenvalue weighted by Gasteiger charge is -2.23. The van der Waals surface area contributed by atoms with Crippen molar-refractivity contribution < 1.29 is 9.47 Å². The summed E-state index contributed by atoms with van der Waals surface area (Å²) in [6.45, 7) is 2.71. The van der Waals surface area contributed by atoms with Crippen molar-refractivity contribution in [3.05, 3.63) is 60.9 Å². The molecule has 144 valence electrons. The van der Waals surface area contributed by atoms with Gasteiger partial charge in [0.15, 0.2) is 0 Å². The van der Waals surface area contributed by atoms with E-state index in [1.54, 1.807) is 0 Å². The van der Waals surface area contributed by atoms with Gasteiger partial charge in [0.25, 0.3) is 0 Å². The predicted molar refractivity (Wildman–Crippen MR) is 109 cm³/mol. The Morgan fingerprint density at radius 1 is 0.929 bits per heavy atom. The molecule has 0 aliphatic carbocycles. The van der Waals surface area contributed by atoms with Gasteiger partial charge in [0, 0.05) is 0 Å². The van der Waals surface area contributed by atoms with Crippen LogP contribution < -0.4 is 20.5 Å². The third-order valence-corrected chi connectivity index (χ3v) is 4.88. The first-order valence-corrected chi connectivity index (χ1v) is 9.57. The number of nitrogens with two attached hydrogens (primary N) is 1. The summed E-state index contributed by atoms with van der Waals surface area (Å²) in [7, 11) is 0. The number of aromatic nitrogens is 2. The molecule has 0 unspecified atom stereocenters. The van der Waals surface area contributed by atoms with Crippen molar-refractivity contribution in [3.63, 3.8) is 0 Å². The highest BCUT2D eigenvalue weighted by atomic mass is 16.5. The summed E-state index contributed by atoms with van der Waals surface area (Å²) in [5.41, 5.74) is 7.78. The number of nitrogen functional groups attached to an aromatic ring is 1. The van der Waals surface area contributed by atoms with E-state index in [4.69, 9.17) is 15.2 Å². The van der Waals surface area contributed by atoms with Gasteiger partial charge >= 0.3 is 0 Å². The van der Waals surface area contributed by atoms with Gasteiger partial charge in [-0.3, -0.25) is 0 Å². The molecule has 0 radical (unpaired) electrons. The van der Waals surface area contributed by atoms with Crippen LogP contribution in [-0.2, 0) is 0 Å². The molecule has 1 aromatic heterocycles. The maximum Gasteiger partial charge on any atom is 0.226 e. The van der Waals surface area contributed by atoms with Crippen LogP contribution in [0.15, 0.2) is 60.9 Å². The van der Waals surface area contributed by atoms with Crippen LogP contribution in [0.25, 0.3) is 11.1 Å². The first kappa shape index (κ1) is 18.3. The lowest BCUT2D eigenvalue weighted by molar-refractivity contribution is 0.209. The number of benzene rings is 2. The molecule has 2 aromatic carbocycles. The molecule has 1 saturated heterocycles. The van der Waals surface area contributed by atoms with Gasteiger partial charge in [-0.2, -0.15) is 0 Å². The Morgan fingerprint density at radius 3 is 2.39 bits per heavy atom. The molecule has 2 heterocycles. The van der Waals surface area contributed by atoms with Gasteiger partial charge in [-0.15, -0.1) is 0 Å². The molecule has 1 aliphatic heterocycles. The molecule has 3 N–H and O–H groups in total. The van der Waals surface area contributed by atoms with Crippen LogP contribution in [-0.4, -0.2) is 29.7 Å². The number of anilines is 1. The fourth-order valence-corrected chi connectivity index (χ4v) is 3.32. The van der Waals surface area contributed by atoms with E-state index < -0.39 is 0 Å². The summed E-state index contributed by atoms with van der Waals surface area (Å²) in [6, 6.07) is 17.4. The minimum Gasteiger partial charge on any atom is -0.477 e. The van der Waals surface area contributed by atoms with E-state index in [1.165, 1.54) is 6.33 Å². The fraction of sp³-hybridized carbons (Fsp3) is 0.273. The van der Waals surface area contributed by atoms with Crippen molar-refractivity contribution in [2.75, 3.05) is 25.4 Å². The van der Waals surface area contributed by atoms with Crippen LogP contribution in [0.1, 0.15) is 12.8 Å². The zero-order valence-corrected chi connectivity index (χ0v) is 15.7. The number of hydrogen-bond acceptors (Lipinski definition) is 6. The summed E-state index contributed by atoms with van der Waals surface area (Å²) in [5.74, 6) is 3.02. The molecule has 6 heteroatoms. The first-order valence-electron chi connectivity index (χ1n) is 9.57. The lowest BCUT2D eigenvalue weighted by atomic mass is 9.99. The van der Waals surface area contributed by atoms with Gasteiger partial charge in [-0.25, -0.2) is 9.97 Å². The molecule has 1 fully saturated rings. The number of ether oxygens (including phenoxy) is 2. The second-order valence-corrected chi connectivity index (χ2v) is 6.88. The van der Waals surface area contributed by atoms with Crippen molar-refractivity contribution in [1.82, 2.24) is 15.3 Å². The highest BCUT2D eigenvalue weighted by Gasteiger charge is 2.17. The van der Waals surface area contributed by atoms with Crippen LogP contribution >= 0.6 is 0 Å². The van der Waals surface area contributed by atoms with Crippen molar-refractivity contribution in [3.8, 4) is 28.5 Å². The summed E-state index contributed by atoms with van der Waals surface area (Å²) in [6.07, 6.45) is 3.67. The fourth-order valence-electron chi connectivity index (χ4n) is 3.32. The van der Waals surface area contributed by atoms with Crippen molar-refractivity contribution in [1.29, 1.82) is 0 Å². The number of nitrogens with one attached hydrogen (secondary N) is 1. The quantitative estimate of drug-likeness (QED) is 0.679. The Labute approximate surface area is 164 Å². The highest BCUT2D eigenvalue weighted by molar-refractivity contribution is 5.78. The van der Waals surface area contributed by atoms with Crippen LogP contribution in [0.2, 0.25) is 0 Å². The largest absolute Gasteiger partial charge is 0.477 e. The molecule has 4 rings (SSSR count). The van der Waals surface area contributed by atoms with Crippen LogP contribution in [0, 0.1) is 5.92 Å². The maximum atomic E-state index is 6.15. The van der Waals surface area contributed by atoms with Gasteiger partial charge in [0.05, 0.1) is 12.2 Å². The summed E-state index contributed by atoms with van der Waals surface area (Å²) in [4.78, 5) is 8.48. The van der Waals surface area contributed by atoms with Crippen LogP contribution in [0.5, 0.6) is 17.4 Å². The Bertz CT molecular complexity index is 894. The number of hydrogen-bond donors (Lipinski definition) is 2. The molecule has 0 atom stereocenters. The van der Waals surface area contributed by atoms with E-state index in [0.717, 1.165) is 48.6 Å². The van der Waals surface area contributed by atoms with Gasteiger partial charge in [-0.1, -0.05) is 30.3 Å². The highest BCUT2D eigenvalue weighted by Crippen LogP contribution is 2.34. The Hall–Kier alpha value is -3.12. The van der Waals surface area contributed by atoms with Gasteiger partial charge < -0.3 is 20.5 Å². The normalized spacial score (nSPS) is 14.6. The van der Waals surface area contributed by atoms with E-state index in [0.29, 0.717) is 24.2 Å². The van der Waals surface area contributed by atoms with Crippen molar-refractivity contribution >= 4 is 5.82 Å². The molecular weight excluding hydrogens is 352 g/mol. The molecule has 0 amide bonds. The predicted octanol–water partition coefficient (Wildman–Crippen LogP) is 3.90. The summed E-state index contributed by atoms with van der Waals surface area (Å²) < 4.78 is 11.9. The van der Waals surface area contributed by atoms with Gasteiger partial charge in [0.2, 0.25) is 5.88 Å².